The lowest BCUT2D eigenvalue weighted by Crippen LogP contribution is -2.33. The zero-order chi connectivity index (χ0) is 15.9. The van der Waals surface area contributed by atoms with Gasteiger partial charge in [-0.25, -0.2) is 0 Å². The van der Waals surface area contributed by atoms with Crippen molar-refractivity contribution in [3.05, 3.63) is 24.3 Å². The molecule has 2 rings (SSSR count). The largest absolute Gasteiger partial charge is 0.495 e. The maximum atomic E-state index is 12.2. The zero-order valence-electron chi connectivity index (χ0n) is 13.3. The third-order valence-electron chi connectivity index (χ3n) is 3.80. The van der Waals surface area contributed by atoms with Gasteiger partial charge >= 0.3 is 0 Å². The molecule has 3 N–H and O–H groups in total. The predicted molar refractivity (Wildman–Crippen MR) is 92.0 cm³/mol. The molecule has 1 aliphatic heterocycles. The number of halogens is 1. The molecule has 0 aliphatic carbocycles. The summed E-state index contributed by atoms with van der Waals surface area (Å²) in [4.78, 5) is 26.0. The Balaban J connectivity index is 0.00000264. The highest BCUT2D eigenvalue weighted by atomic mass is 35.5. The molecule has 2 amide bonds. The number of nitrogens with zero attached hydrogens (tertiary/aromatic N) is 1. The van der Waals surface area contributed by atoms with E-state index >= 15 is 0 Å². The molecule has 1 aromatic carbocycles. The lowest BCUT2D eigenvalue weighted by Gasteiger charge is -2.19. The fourth-order valence-electron chi connectivity index (χ4n) is 2.59. The molecule has 0 spiro atoms. The number of amides is 2. The van der Waals surface area contributed by atoms with Gasteiger partial charge in [0.25, 0.3) is 0 Å². The van der Waals surface area contributed by atoms with Crippen molar-refractivity contribution in [2.24, 2.45) is 11.7 Å². The van der Waals surface area contributed by atoms with Gasteiger partial charge in [-0.05, 0) is 31.5 Å². The van der Waals surface area contributed by atoms with Gasteiger partial charge in [0, 0.05) is 19.5 Å². The lowest BCUT2D eigenvalue weighted by molar-refractivity contribution is -0.126. The highest BCUT2D eigenvalue weighted by Crippen LogP contribution is 2.32. The number of hydrogen-bond acceptors (Lipinski definition) is 4. The molecule has 1 aliphatic rings. The van der Waals surface area contributed by atoms with Gasteiger partial charge in [-0.3, -0.25) is 9.59 Å². The van der Waals surface area contributed by atoms with Crippen LogP contribution in [-0.4, -0.2) is 38.6 Å². The second-order valence-corrected chi connectivity index (χ2v) is 5.36. The van der Waals surface area contributed by atoms with E-state index in [1.165, 1.54) is 0 Å². The first kappa shape index (κ1) is 19.3. The Morgan fingerprint density at radius 3 is 2.83 bits per heavy atom. The normalized spacial score (nSPS) is 16.9. The summed E-state index contributed by atoms with van der Waals surface area (Å²) >= 11 is 0. The standard InChI is InChI=1S/C16H23N3O3.ClH/c1-22-14-7-3-2-6-13(14)19-11-12(10-15(19)20)16(21)18-9-5-4-8-17;/h2-3,6-7,12H,4-5,8-11,17H2,1H3,(H,18,21);1H. The van der Waals surface area contributed by atoms with E-state index < -0.39 is 0 Å². The average Bonchev–Trinajstić information content (AvgIpc) is 2.93. The van der Waals surface area contributed by atoms with Crippen LogP contribution in [0.15, 0.2) is 24.3 Å². The molecular formula is C16H24ClN3O3. The van der Waals surface area contributed by atoms with Crippen LogP contribution in [0.2, 0.25) is 0 Å². The first-order valence-corrected chi connectivity index (χ1v) is 7.58. The van der Waals surface area contributed by atoms with Gasteiger partial charge in [-0.1, -0.05) is 12.1 Å². The molecule has 1 saturated heterocycles. The van der Waals surface area contributed by atoms with Crippen molar-refractivity contribution in [1.29, 1.82) is 0 Å². The number of hydrogen-bond donors (Lipinski definition) is 2. The summed E-state index contributed by atoms with van der Waals surface area (Å²) in [7, 11) is 1.57. The van der Waals surface area contributed by atoms with Crippen molar-refractivity contribution in [2.45, 2.75) is 19.3 Å². The Morgan fingerprint density at radius 1 is 1.39 bits per heavy atom. The Kier molecular flexibility index (Phi) is 7.85. The summed E-state index contributed by atoms with van der Waals surface area (Å²) in [5.41, 5.74) is 6.14. The number of para-hydroxylation sites is 2. The Morgan fingerprint density at radius 2 is 2.13 bits per heavy atom. The highest BCUT2D eigenvalue weighted by molar-refractivity contribution is 6.01. The third kappa shape index (κ3) is 4.84. The smallest absolute Gasteiger partial charge is 0.227 e. The minimum atomic E-state index is -0.310. The van der Waals surface area contributed by atoms with Crippen LogP contribution in [0.5, 0.6) is 5.75 Å². The summed E-state index contributed by atoms with van der Waals surface area (Å²) in [6.07, 6.45) is 1.98. The molecule has 1 fully saturated rings. The van der Waals surface area contributed by atoms with E-state index in [2.05, 4.69) is 5.32 Å². The number of nitrogens with one attached hydrogen (secondary N) is 1. The van der Waals surface area contributed by atoms with Gasteiger partial charge in [0.15, 0.2) is 0 Å². The number of anilines is 1. The zero-order valence-corrected chi connectivity index (χ0v) is 14.1. The molecule has 128 valence electrons. The summed E-state index contributed by atoms with van der Waals surface area (Å²) in [5.74, 6) is 0.213. The van der Waals surface area contributed by atoms with Gasteiger partial charge in [0.1, 0.15) is 5.75 Å². The Bertz CT molecular complexity index is 539. The molecule has 6 nitrogen and oxygen atoms in total. The average molecular weight is 342 g/mol. The Hall–Kier alpha value is -1.79. The molecule has 7 heteroatoms. The van der Waals surface area contributed by atoms with Crippen LogP contribution in [0.4, 0.5) is 5.69 Å². The minimum absolute atomic E-state index is 0. The van der Waals surface area contributed by atoms with E-state index in [1.54, 1.807) is 12.0 Å². The minimum Gasteiger partial charge on any atom is -0.495 e. The van der Waals surface area contributed by atoms with Gasteiger partial charge in [-0.2, -0.15) is 0 Å². The van der Waals surface area contributed by atoms with Gasteiger partial charge in [-0.15, -0.1) is 12.4 Å². The van der Waals surface area contributed by atoms with E-state index in [1.807, 2.05) is 24.3 Å². The van der Waals surface area contributed by atoms with Gasteiger partial charge in [0.05, 0.1) is 18.7 Å². The second kappa shape index (κ2) is 9.37. The SMILES string of the molecule is COc1ccccc1N1CC(C(=O)NCCCCN)CC1=O.Cl. The monoisotopic (exact) mass is 341 g/mol. The van der Waals surface area contributed by atoms with Gasteiger partial charge in [0.2, 0.25) is 11.8 Å². The number of benzene rings is 1. The van der Waals surface area contributed by atoms with Crippen LogP contribution >= 0.6 is 12.4 Å². The van der Waals surface area contributed by atoms with Crippen LogP contribution in [0.3, 0.4) is 0 Å². The molecule has 0 saturated carbocycles. The highest BCUT2D eigenvalue weighted by Gasteiger charge is 2.35. The molecule has 0 bridgehead atoms. The number of ether oxygens (including phenoxy) is 1. The third-order valence-corrected chi connectivity index (χ3v) is 3.80. The van der Waals surface area contributed by atoms with Crippen molar-refractivity contribution in [2.75, 3.05) is 31.6 Å². The number of methoxy groups -OCH3 is 1. The maximum absolute atomic E-state index is 12.2. The second-order valence-electron chi connectivity index (χ2n) is 5.36. The number of carbonyl (C=O) groups excluding carboxylic acids is 2. The summed E-state index contributed by atoms with van der Waals surface area (Å²) in [6.45, 7) is 1.62. The first-order valence-electron chi connectivity index (χ1n) is 7.58. The number of unbranched alkanes of at least 4 members (excludes halogenated alkanes) is 1. The summed E-state index contributed by atoms with van der Waals surface area (Å²) in [6, 6.07) is 7.34. The molecule has 1 heterocycles. The summed E-state index contributed by atoms with van der Waals surface area (Å²) in [5, 5.41) is 2.88. The van der Waals surface area contributed by atoms with Crippen LogP contribution in [0.1, 0.15) is 19.3 Å². The molecule has 0 radical (unpaired) electrons. The number of nitrogens with two attached hydrogens (primary N) is 1. The van der Waals surface area contributed by atoms with E-state index in [0.717, 1.165) is 12.8 Å². The maximum Gasteiger partial charge on any atom is 0.227 e. The van der Waals surface area contributed by atoms with Crippen LogP contribution in [0.25, 0.3) is 0 Å². The van der Waals surface area contributed by atoms with Crippen molar-refractivity contribution in [3.63, 3.8) is 0 Å². The molecule has 0 aromatic heterocycles. The molecule has 1 atom stereocenters. The fourth-order valence-corrected chi connectivity index (χ4v) is 2.59. The molecule has 1 aromatic rings. The molecule has 1 unspecified atom stereocenters. The van der Waals surface area contributed by atoms with E-state index in [-0.39, 0.29) is 36.6 Å². The predicted octanol–water partition coefficient (Wildman–Crippen LogP) is 1.32. The van der Waals surface area contributed by atoms with Gasteiger partial charge < -0.3 is 20.7 Å². The van der Waals surface area contributed by atoms with Crippen LogP contribution < -0.4 is 20.7 Å². The van der Waals surface area contributed by atoms with Crippen molar-refractivity contribution >= 4 is 29.9 Å². The van der Waals surface area contributed by atoms with Crippen LogP contribution in [-0.2, 0) is 9.59 Å². The van der Waals surface area contributed by atoms with Crippen LogP contribution in [0, 0.1) is 5.92 Å². The molecular weight excluding hydrogens is 318 g/mol. The number of carbonyl (C=O) groups is 2. The first-order chi connectivity index (χ1) is 10.7. The fraction of sp³-hybridized carbons (Fsp3) is 0.500. The van der Waals surface area contributed by atoms with Crippen molar-refractivity contribution in [3.8, 4) is 5.75 Å². The van der Waals surface area contributed by atoms with E-state index in [9.17, 15) is 9.59 Å². The quantitative estimate of drug-likeness (QED) is 0.733. The van der Waals surface area contributed by atoms with E-state index in [0.29, 0.717) is 31.1 Å². The van der Waals surface area contributed by atoms with E-state index in [4.69, 9.17) is 10.5 Å². The summed E-state index contributed by atoms with van der Waals surface area (Å²) < 4.78 is 5.29. The topological polar surface area (TPSA) is 84.7 Å². The van der Waals surface area contributed by atoms with Crippen molar-refractivity contribution < 1.29 is 14.3 Å². The van der Waals surface area contributed by atoms with Crippen molar-refractivity contribution in [1.82, 2.24) is 5.32 Å². The lowest BCUT2D eigenvalue weighted by atomic mass is 10.1. The Labute approximate surface area is 142 Å². The number of rotatable bonds is 7. The molecule has 23 heavy (non-hydrogen) atoms.